The highest BCUT2D eigenvalue weighted by atomic mass is 32.2. The first kappa shape index (κ1) is 20.6. The summed E-state index contributed by atoms with van der Waals surface area (Å²) < 4.78 is 52.3. The van der Waals surface area contributed by atoms with Gasteiger partial charge in [-0.25, -0.2) is 25.9 Å². The van der Waals surface area contributed by atoms with Crippen molar-refractivity contribution in [3.05, 3.63) is 0 Å². The lowest BCUT2D eigenvalue weighted by Gasteiger charge is -2.32. The monoisotopic (exact) mass is 395 g/mol. The van der Waals surface area contributed by atoms with Crippen LogP contribution in [0.3, 0.4) is 0 Å². The van der Waals surface area contributed by atoms with Gasteiger partial charge in [0.1, 0.15) is 0 Å². The molecule has 0 aromatic rings. The number of carbonyl (C=O) groups is 1. The van der Waals surface area contributed by atoms with E-state index >= 15 is 0 Å². The predicted octanol–water partition coefficient (Wildman–Crippen LogP) is -0.0232. The van der Waals surface area contributed by atoms with Crippen LogP contribution < -0.4 is 4.72 Å². The maximum Gasteiger partial charge on any atom is 0.225 e. The Bertz CT molecular complexity index is 682. The van der Waals surface area contributed by atoms with Crippen molar-refractivity contribution < 1.29 is 21.6 Å². The maximum absolute atomic E-state index is 12.7. The van der Waals surface area contributed by atoms with Gasteiger partial charge in [0.15, 0.2) is 0 Å². The van der Waals surface area contributed by atoms with Crippen LogP contribution in [0.4, 0.5) is 0 Å². The van der Waals surface area contributed by atoms with E-state index < -0.39 is 25.3 Å². The van der Waals surface area contributed by atoms with E-state index in [1.807, 2.05) is 0 Å². The van der Waals surface area contributed by atoms with E-state index in [0.717, 1.165) is 0 Å². The van der Waals surface area contributed by atoms with E-state index in [9.17, 15) is 21.6 Å². The highest BCUT2D eigenvalue weighted by molar-refractivity contribution is 7.90. The number of rotatable bonds is 6. The van der Waals surface area contributed by atoms with Gasteiger partial charge in [0.2, 0.25) is 26.0 Å². The Kier molecular flexibility index (Phi) is 6.50. The molecule has 0 aliphatic carbocycles. The second-order valence-corrected chi connectivity index (χ2v) is 11.3. The largest absolute Gasteiger partial charge is 0.341 e. The van der Waals surface area contributed by atoms with Crippen LogP contribution in [-0.2, 0) is 24.8 Å². The van der Waals surface area contributed by atoms with Gasteiger partial charge < -0.3 is 4.90 Å². The molecule has 146 valence electrons. The summed E-state index contributed by atoms with van der Waals surface area (Å²) in [6, 6.07) is -0.167. The van der Waals surface area contributed by atoms with E-state index in [1.165, 1.54) is 4.31 Å². The van der Waals surface area contributed by atoms with Crippen molar-refractivity contribution in [3.63, 3.8) is 0 Å². The van der Waals surface area contributed by atoms with Gasteiger partial charge in [0, 0.05) is 38.1 Å². The molecule has 0 aromatic heterocycles. The number of likely N-dealkylation sites (tertiary alicyclic amines) is 1. The number of nitrogens with one attached hydrogen (secondary N) is 1. The van der Waals surface area contributed by atoms with Crippen LogP contribution in [0, 0.1) is 5.92 Å². The summed E-state index contributed by atoms with van der Waals surface area (Å²) in [7, 11) is -6.63. The van der Waals surface area contributed by atoms with Crippen molar-refractivity contribution >= 4 is 26.0 Å². The number of carbonyl (C=O) groups excluding carboxylic acids is 1. The predicted molar refractivity (Wildman–Crippen MR) is 95.9 cm³/mol. The average Bonchev–Trinajstić information content (AvgIpc) is 3.04. The lowest BCUT2D eigenvalue weighted by atomic mass is 9.97. The molecule has 1 amide bonds. The van der Waals surface area contributed by atoms with Gasteiger partial charge in [-0.15, -0.1) is 0 Å². The summed E-state index contributed by atoms with van der Waals surface area (Å²) in [5, 5.41) is -0.570. The van der Waals surface area contributed by atoms with Gasteiger partial charge in [-0.1, -0.05) is 0 Å². The average molecular weight is 396 g/mol. The number of amides is 1. The minimum absolute atomic E-state index is 0.0456. The van der Waals surface area contributed by atoms with E-state index in [0.29, 0.717) is 38.9 Å². The summed E-state index contributed by atoms with van der Waals surface area (Å²) in [5.41, 5.74) is 0. The Labute approximate surface area is 151 Å². The van der Waals surface area contributed by atoms with E-state index in [1.54, 1.807) is 25.7 Å². The third kappa shape index (κ3) is 4.93. The first-order valence-electron chi connectivity index (χ1n) is 8.84. The van der Waals surface area contributed by atoms with Crippen molar-refractivity contribution in [2.24, 2.45) is 5.92 Å². The van der Waals surface area contributed by atoms with Crippen molar-refractivity contribution in [2.75, 3.05) is 31.9 Å². The quantitative estimate of drug-likeness (QED) is 0.680. The minimum Gasteiger partial charge on any atom is -0.341 e. The van der Waals surface area contributed by atoms with E-state index in [2.05, 4.69) is 4.72 Å². The minimum atomic E-state index is -3.42. The maximum atomic E-state index is 12.7. The molecule has 2 rings (SSSR count). The number of hydrogen-bond donors (Lipinski definition) is 1. The molecule has 0 saturated carbocycles. The van der Waals surface area contributed by atoms with Crippen LogP contribution in [0.15, 0.2) is 0 Å². The number of nitrogens with zero attached hydrogens (tertiary/aromatic N) is 2. The molecular formula is C15H29N3O5S2. The Morgan fingerprint density at radius 1 is 1.08 bits per heavy atom. The molecule has 0 aromatic carbocycles. The first-order valence-corrected chi connectivity index (χ1v) is 12.0. The second-order valence-electron chi connectivity index (χ2n) is 7.09. The first-order chi connectivity index (χ1) is 11.6. The highest BCUT2D eigenvalue weighted by Crippen LogP contribution is 2.25. The molecule has 25 heavy (non-hydrogen) atoms. The molecule has 2 aliphatic rings. The zero-order valence-corrected chi connectivity index (χ0v) is 16.8. The number of sulfonamides is 2. The Morgan fingerprint density at radius 3 is 2.20 bits per heavy atom. The van der Waals surface area contributed by atoms with Gasteiger partial charge in [0.05, 0.1) is 11.0 Å². The normalized spacial score (nSPS) is 24.2. The SMILES string of the molecule is CCS(=O)(=O)N1CCC(C(=O)N2CCC(S(=O)(=O)NC(C)C)C2)CC1. The van der Waals surface area contributed by atoms with Crippen LogP contribution >= 0.6 is 0 Å². The van der Waals surface area contributed by atoms with Crippen molar-refractivity contribution in [1.82, 2.24) is 13.9 Å². The summed E-state index contributed by atoms with van der Waals surface area (Å²) in [6.45, 7) is 6.53. The van der Waals surface area contributed by atoms with E-state index in [4.69, 9.17) is 0 Å². The molecule has 0 radical (unpaired) electrons. The van der Waals surface area contributed by atoms with Crippen LogP contribution in [0.2, 0.25) is 0 Å². The summed E-state index contributed by atoms with van der Waals surface area (Å²) in [6.07, 6.45) is 1.43. The van der Waals surface area contributed by atoms with Crippen LogP contribution in [-0.4, -0.2) is 75.2 Å². The molecule has 0 spiro atoms. The zero-order valence-electron chi connectivity index (χ0n) is 15.1. The third-order valence-electron chi connectivity index (χ3n) is 4.86. The van der Waals surface area contributed by atoms with Crippen LogP contribution in [0.25, 0.3) is 0 Å². The van der Waals surface area contributed by atoms with Gasteiger partial charge in [0.25, 0.3) is 0 Å². The van der Waals surface area contributed by atoms with Gasteiger partial charge in [-0.3, -0.25) is 4.79 Å². The fraction of sp³-hybridized carbons (Fsp3) is 0.933. The molecule has 2 aliphatic heterocycles. The molecule has 10 heteroatoms. The molecule has 2 saturated heterocycles. The Morgan fingerprint density at radius 2 is 1.68 bits per heavy atom. The Hall–Kier alpha value is -0.710. The van der Waals surface area contributed by atoms with Crippen LogP contribution in [0.5, 0.6) is 0 Å². The molecule has 1 N–H and O–H groups in total. The van der Waals surface area contributed by atoms with Gasteiger partial charge >= 0.3 is 0 Å². The van der Waals surface area contributed by atoms with E-state index in [-0.39, 0.29) is 30.2 Å². The number of hydrogen-bond acceptors (Lipinski definition) is 5. The summed E-state index contributed by atoms with van der Waals surface area (Å²) >= 11 is 0. The lowest BCUT2D eigenvalue weighted by molar-refractivity contribution is -0.135. The van der Waals surface area contributed by atoms with Crippen molar-refractivity contribution in [2.45, 2.75) is 51.3 Å². The fourth-order valence-corrected chi connectivity index (χ4v) is 6.20. The topological polar surface area (TPSA) is 104 Å². The number of piperidine rings is 1. The summed E-state index contributed by atoms with van der Waals surface area (Å²) in [4.78, 5) is 14.3. The summed E-state index contributed by atoms with van der Waals surface area (Å²) in [5.74, 6) is -0.196. The van der Waals surface area contributed by atoms with Crippen LogP contribution in [0.1, 0.15) is 40.0 Å². The lowest BCUT2D eigenvalue weighted by Crippen LogP contribution is -2.45. The van der Waals surface area contributed by atoms with Gasteiger partial charge in [-0.05, 0) is 40.0 Å². The zero-order chi connectivity index (χ0) is 18.8. The van der Waals surface area contributed by atoms with Crippen molar-refractivity contribution in [3.8, 4) is 0 Å². The molecule has 0 bridgehead atoms. The molecule has 1 atom stereocenters. The fourth-order valence-electron chi connectivity index (χ4n) is 3.43. The smallest absolute Gasteiger partial charge is 0.225 e. The molecule has 1 unspecified atom stereocenters. The standard InChI is InChI=1S/C15H29N3O5S2/c1-4-24(20,21)18-9-5-13(6-10-18)15(19)17-8-7-14(11-17)25(22,23)16-12(2)3/h12-14,16H,4-11H2,1-3H3. The second kappa shape index (κ2) is 7.89. The van der Waals surface area contributed by atoms with Crippen molar-refractivity contribution in [1.29, 1.82) is 0 Å². The Balaban J connectivity index is 1.91. The third-order valence-corrected chi connectivity index (χ3v) is 8.80. The molecule has 8 nitrogen and oxygen atoms in total. The molecule has 2 fully saturated rings. The van der Waals surface area contributed by atoms with Gasteiger partial charge in [-0.2, -0.15) is 0 Å². The highest BCUT2D eigenvalue weighted by Gasteiger charge is 2.38. The molecule has 2 heterocycles. The molecular weight excluding hydrogens is 366 g/mol.